The van der Waals surface area contributed by atoms with E-state index >= 15 is 0 Å². The highest BCUT2D eigenvalue weighted by atomic mass is 35.5. The van der Waals surface area contributed by atoms with Crippen molar-refractivity contribution in [3.05, 3.63) is 63.4 Å². The van der Waals surface area contributed by atoms with Crippen LogP contribution < -0.4 is 15.6 Å². The fourth-order valence-corrected chi connectivity index (χ4v) is 7.38. The number of amides is 3. The summed E-state index contributed by atoms with van der Waals surface area (Å²) >= 11 is 7.40. The van der Waals surface area contributed by atoms with Gasteiger partial charge in [0.05, 0.1) is 16.8 Å². The number of thioether (sulfide) groups is 1. The van der Waals surface area contributed by atoms with Crippen molar-refractivity contribution < 1.29 is 23.9 Å². The highest BCUT2D eigenvalue weighted by Gasteiger charge is 2.36. The normalized spacial score (nSPS) is 17.6. The van der Waals surface area contributed by atoms with Crippen LogP contribution in [0, 0.1) is 5.92 Å². The first-order valence-electron chi connectivity index (χ1n) is 16.7. The first-order chi connectivity index (χ1) is 23.4. The Morgan fingerprint density at radius 2 is 1.76 bits per heavy atom. The third-order valence-corrected chi connectivity index (χ3v) is 10.1. The molecule has 1 unspecified atom stereocenters. The van der Waals surface area contributed by atoms with E-state index in [0.29, 0.717) is 79.1 Å². The molecule has 3 amide bonds. The number of piperazine rings is 1. The van der Waals surface area contributed by atoms with Gasteiger partial charge in [-0.15, -0.1) is 0 Å². The lowest BCUT2D eigenvalue weighted by molar-refractivity contribution is -0.130. The SMILES string of the molecule is CCn1c(SC(C(=O)N2CC[C@H](C(=O)NC)C2)c2ccc(OCCN3CCN(C(=O)OC(C)(C)C)CC3)cc2)nc2ccc(Cl)cc2c1=O. The van der Waals surface area contributed by atoms with Gasteiger partial charge in [-0.3, -0.25) is 23.9 Å². The van der Waals surface area contributed by atoms with Crippen LogP contribution in [-0.4, -0.2) is 107 Å². The van der Waals surface area contributed by atoms with Gasteiger partial charge in [0.1, 0.15) is 23.2 Å². The maximum Gasteiger partial charge on any atom is 0.410 e. The van der Waals surface area contributed by atoms with E-state index in [2.05, 4.69) is 10.2 Å². The molecule has 49 heavy (non-hydrogen) atoms. The number of aromatic nitrogens is 2. The molecule has 1 N–H and O–H groups in total. The van der Waals surface area contributed by atoms with Gasteiger partial charge in [0.2, 0.25) is 11.8 Å². The summed E-state index contributed by atoms with van der Waals surface area (Å²) in [4.78, 5) is 62.8. The maximum atomic E-state index is 14.1. The Bertz CT molecular complexity index is 1720. The van der Waals surface area contributed by atoms with Crippen LogP contribution in [0.25, 0.3) is 10.9 Å². The van der Waals surface area contributed by atoms with E-state index in [4.69, 9.17) is 26.1 Å². The molecule has 12 nitrogen and oxygen atoms in total. The number of benzene rings is 2. The molecule has 3 heterocycles. The Labute approximate surface area is 296 Å². The summed E-state index contributed by atoms with van der Waals surface area (Å²) < 4.78 is 13.1. The fraction of sp³-hybridized carbons (Fsp3) is 0.514. The number of fused-ring (bicyclic) bond motifs is 1. The van der Waals surface area contributed by atoms with Crippen molar-refractivity contribution in [1.29, 1.82) is 0 Å². The second-order valence-electron chi connectivity index (χ2n) is 13.2. The van der Waals surface area contributed by atoms with Gasteiger partial charge in [0.25, 0.3) is 5.56 Å². The van der Waals surface area contributed by atoms with Gasteiger partial charge in [0.15, 0.2) is 5.16 Å². The number of carbonyl (C=O) groups is 3. The highest BCUT2D eigenvalue weighted by molar-refractivity contribution is 8.00. The van der Waals surface area contributed by atoms with Gasteiger partial charge in [-0.2, -0.15) is 0 Å². The van der Waals surface area contributed by atoms with Crippen molar-refractivity contribution in [2.24, 2.45) is 5.92 Å². The molecular formula is C35H45ClN6O6S. The molecule has 264 valence electrons. The predicted octanol–water partition coefficient (Wildman–Crippen LogP) is 4.43. The smallest absolute Gasteiger partial charge is 0.410 e. The number of nitrogens with zero attached hydrogens (tertiary/aromatic N) is 5. The Balaban J connectivity index is 1.28. The second kappa shape index (κ2) is 15.8. The molecule has 2 aliphatic heterocycles. The summed E-state index contributed by atoms with van der Waals surface area (Å²) in [5.41, 5.74) is 0.494. The van der Waals surface area contributed by atoms with Crippen LogP contribution in [-0.2, 0) is 20.9 Å². The van der Waals surface area contributed by atoms with Crippen molar-refractivity contribution in [3.63, 3.8) is 0 Å². The van der Waals surface area contributed by atoms with Gasteiger partial charge in [-0.05, 0) is 70.0 Å². The molecule has 0 spiro atoms. The molecule has 2 aromatic carbocycles. The molecule has 0 saturated carbocycles. The minimum atomic E-state index is -0.715. The van der Waals surface area contributed by atoms with E-state index in [1.165, 1.54) is 11.8 Å². The lowest BCUT2D eigenvalue weighted by atomic mass is 10.1. The number of halogens is 1. The monoisotopic (exact) mass is 712 g/mol. The molecule has 0 aliphatic carbocycles. The summed E-state index contributed by atoms with van der Waals surface area (Å²) in [6.07, 6.45) is 0.300. The Kier molecular flexibility index (Phi) is 11.8. The zero-order chi connectivity index (χ0) is 35.3. The van der Waals surface area contributed by atoms with Crippen molar-refractivity contribution in [1.82, 2.24) is 29.6 Å². The van der Waals surface area contributed by atoms with Crippen LogP contribution in [0.3, 0.4) is 0 Å². The topological polar surface area (TPSA) is 126 Å². The molecule has 1 aromatic heterocycles. The summed E-state index contributed by atoms with van der Waals surface area (Å²) in [7, 11) is 1.60. The van der Waals surface area contributed by atoms with E-state index in [-0.39, 0.29) is 29.4 Å². The van der Waals surface area contributed by atoms with Crippen molar-refractivity contribution in [3.8, 4) is 5.75 Å². The maximum absolute atomic E-state index is 14.1. The average Bonchev–Trinajstić information content (AvgIpc) is 3.58. The first kappa shape index (κ1) is 36.5. The second-order valence-corrected chi connectivity index (χ2v) is 14.7. The number of nitrogens with one attached hydrogen (secondary N) is 1. The summed E-state index contributed by atoms with van der Waals surface area (Å²) in [6.45, 7) is 12.4. The largest absolute Gasteiger partial charge is 0.492 e. The standard InChI is InChI=1S/C35H45ClN6O6S/c1-6-42-31(44)27-21-25(36)9-12-28(27)38-33(42)49-29(32(45)41-14-13-24(22-41)30(43)37-5)23-7-10-26(11-8-23)47-20-19-39-15-17-40(18-16-39)34(46)48-35(2,3)4/h7-12,21,24,29H,6,13-20,22H2,1-5H3,(H,37,43)/t24-,29?/m0/s1. The van der Waals surface area contributed by atoms with E-state index in [0.717, 1.165) is 18.7 Å². The zero-order valence-electron chi connectivity index (χ0n) is 28.7. The fourth-order valence-electron chi connectivity index (χ4n) is 5.96. The number of rotatable bonds is 10. The number of ether oxygens (including phenoxy) is 2. The quantitative estimate of drug-likeness (QED) is 0.240. The van der Waals surface area contributed by atoms with Crippen LogP contribution in [0.1, 0.15) is 44.9 Å². The molecular weight excluding hydrogens is 668 g/mol. The van der Waals surface area contributed by atoms with Crippen LogP contribution in [0.4, 0.5) is 4.79 Å². The average molecular weight is 713 g/mol. The van der Waals surface area contributed by atoms with Crippen molar-refractivity contribution >= 4 is 52.2 Å². The number of hydrogen-bond acceptors (Lipinski definition) is 9. The lowest BCUT2D eigenvalue weighted by Gasteiger charge is -2.35. The van der Waals surface area contributed by atoms with Gasteiger partial charge >= 0.3 is 6.09 Å². The van der Waals surface area contributed by atoms with E-state index in [9.17, 15) is 19.2 Å². The van der Waals surface area contributed by atoms with Crippen LogP contribution in [0.15, 0.2) is 52.4 Å². The summed E-state index contributed by atoms with van der Waals surface area (Å²) in [6, 6.07) is 12.4. The third-order valence-electron chi connectivity index (χ3n) is 8.65. The lowest BCUT2D eigenvalue weighted by Crippen LogP contribution is -2.50. The highest BCUT2D eigenvalue weighted by Crippen LogP contribution is 2.38. The van der Waals surface area contributed by atoms with Crippen molar-refractivity contribution in [2.75, 3.05) is 59.5 Å². The molecule has 2 atom stereocenters. The summed E-state index contributed by atoms with van der Waals surface area (Å²) in [5, 5.41) is 3.27. The van der Waals surface area contributed by atoms with Gasteiger partial charge < -0.3 is 24.6 Å². The molecule has 5 rings (SSSR count). The molecule has 0 bridgehead atoms. The minimum Gasteiger partial charge on any atom is -0.492 e. The Morgan fingerprint density at radius 3 is 2.41 bits per heavy atom. The molecule has 2 fully saturated rings. The Morgan fingerprint density at radius 1 is 1.04 bits per heavy atom. The molecule has 14 heteroatoms. The number of carbonyl (C=O) groups excluding carboxylic acids is 3. The zero-order valence-corrected chi connectivity index (χ0v) is 30.3. The van der Waals surface area contributed by atoms with Crippen LogP contribution in [0.5, 0.6) is 5.75 Å². The van der Waals surface area contributed by atoms with Gasteiger partial charge in [0, 0.05) is 64.4 Å². The minimum absolute atomic E-state index is 0.0828. The Hall–Kier alpha value is -3.81. The molecule has 0 radical (unpaired) electrons. The van der Waals surface area contributed by atoms with E-state index in [1.807, 2.05) is 52.0 Å². The molecule has 2 saturated heterocycles. The number of likely N-dealkylation sites (tertiary alicyclic amines) is 1. The summed E-state index contributed by atoms with van der Waals surface area (Å²) in [5.74, 6) is 0.164. The predicted molar refractivity (Wildman–Crippen MR) is 190 cm³/mol. The van der Waals surface area contributed by atoms with Crippen LogP contribution in [0.2, 0.25) is 5.02 Å². The molecule has 2 aliphatic rings. The van der Waals surface area contributed by atoms with E-state index in [1.54, 1.807) is 39.6 Å². The van der Waals surface area contributed by atoms with Crippen LogP contribution >= 0.6 is 23.4 Å². The van der Waals surface area contributed by atoms with E-state index < -0.39 is 10.9 Å². The van der Waals surface area contributed by atoms with Crippen molar-refractivity contribution in [2.45, 2.75) is 56.7 Å². The number of hydrogen-bond donors (Lipinski definition) is 1. The first-order valence-corrected chi connectivity index (χ1v) is 17.9. The van der Waals surface area contributed by atoms with Gasteiger partial charge in [-0.25, -0.2) is 9.78 Å². The molecule has 3 aromatic rings. The van der Waals surface area contributed by atoms with Gasteiger partial charge in [-0.1, -0.05) is 35.5 Å². The third kappa shape index (κ3) is 9.06.